The van der Waals surface area contributed by atoms with Gasteiger partial charge in [0.05, 0.1) is 5.69 Å². The van der Waals surface area contributed by atoms with Gasteiger partial charge in [-0.05, 0) is 38.4 Å². The second kappa shape index (κ2) is 5.06. The summed E-state index contributed by atoms with van der Waals surface area (Å²) in [5, 5.41) is 8.01. The molecule has 0 amide bonds. The van der Waals surface area contributed by atoms with E-state index in [2.05, 4.69) is 60.8 Å². The van der Waals surface area contributed by atoms with Crippen molar-refractivity contribution in [3.63, 3.8) is 0 Å². The van der Waals surface area contributed by atoms with Crippen LogP contribution in [0.1, 0.15) is 29.8 Å². The van der Waals surface area contributed by atoms with E-state index in [4.69, 9.17) is 0 Å². The molecule has 1 N–H and O–H groups in total. The maximum Gasteiger partial charge on any atom is 0.0596 e. The molecule has 3 nitrogen and oxygen atoms in total. The largest absolute Gasteiger partial charge is 0.316 e. The molecule has 1 aromatic heterocycles. The molecule has 3 rings (SSSR count). The lowest BCUT2D eigenvalue weighted by atomic mass is 9.85. The normalized spacial score (nSPS) is 17.9. The van der Waals surface area contributed by atoms with Gasteiger partial charge in [0.2, 0.25) is 0 Å². The van der Waals surface area contributed by atoms with E-state index in [1.165, 1.54) is 24.1 Å². The zero-order valence-corrected chi connectivity index (χ0v) is 12.6. The van der Waals surface area contributed by atoms with Gasteiger partial charge in [-0.15, -0.1) is 0 Å². The van der Waals surface area contributed by atoms with Crippen LogP contribution >= 0.6 is 0 Å². The number of hydrogen-bond acceptors (Lipinski definition) is 2. The quantitative estimate of drug-likeness (QED) is 0.904. The standard InChI is InChI=1S/C17H23N3/c1-13-11-15(20(3)19-13)12-16(18-2)17(9-10-17)14-7-5-4-6-8-14/h4-8,11,16,18H,9-10,12H2,1-3H3. The Morgan fingerprint density at radius 2 is 2.00 bits per heavy atom. The van der Waals surface area contributed by atoms with E-state index >= 15 is 0 Å². The molecule has 1 fully saturated rings. The van der Waals surface area contributed by atoms with Crippen LogP contribution in [0, 0.1) is 6.92 Å². The van der Waals surface area contributed by atoms with Crippen LogP contribution in [0.25, 0.3) is 0 Å². The van der Waals surface area contributed by atoms with Crippen molar-refractivity contribution in [3.05, 3.63) is 53.3 Å². The number of nitrogens with one attached hydrogen (secondary N) is 1. The average Bonchev–Trinajstić information content (AvgIpc) is 3.19. The van der Waals surface area contributed by atoms with Gasteiger partial charge in [0.25, 0.3) is 0 Å². The van der Waals surface area contributed by atoms with Crippen molar-refractivity contribution in [2.45, 2.75) is 37.6 Å². The molecule has 0 aliphatic heterocycles. The molecule has 0 radical (unpaired) electrons. The van der Waals surface area contributed by atoms with Gasteiger partial charge in [0, 0.05) is 30.6 Å². The Labute approximate surface area is 121 Å². The third-order valence-electron chi connectivity index (χ3n) is 4.67. The Bertz CT molecular complexity index is 582. The van der Waals surface area contributed by atoms with Crippen molar-refractivity contribution in [1.82, 2.24) is 15.1 Å². The van der Waals surface area contributed by atoms with Crippen molar-refractivity contribution in [2.24, 2.45) is 7.05 Å². The lowest BCUT2D eigenvalue weighted by molar-refractivity contribution is 0.432. The summed E-state index contributed by atoms with van der Waals surface area (Å²) in [6, 6.07) is 13.6. The summed E-state index contributed by atoms with van der Waals surface area (Å²) in [7, 11) is 4.12. The van der Waals surface area contributed by atoms with E-state index in [0.717, 1.165) is 12.1 Å². The van der Waals surface area contributed by atoms with Crippen molar-refractivity contribution < 1.29 is 0 Å². The summed E-state index contributed by atoms with van der Waals surface area (Å²) >= 11 is 0. The fourth-order valence-corrected chi connectivity index (χ4v) is 3.38. The highest BCUT2D eigenvalue weighted by molar-refractivity contribution is 5.34. The zero-order valence-electron chi connectivity index (χ0n) is 12.6. The number of aryl methyl sites for hydroxylation is 2. The van der Waals surface area contributed by atoms with Gasteiger partial charge >= 0.3 is 0 Å². The van der Waals surface area contributed by atoms with E-state index in [-0.39, 0.29) is 0 Å². The molecule has 1 aliphatic carbocycles. The number of nitrogens with zero attached hydrogens (tertiary/aromatic N) is 2. The molecule has 0 saturated heterocycles. The van der Waals surface area contributed by atoms with Crippen LogP contribution in [-0.2, 0) is 18.9 Å². The van der Waals surface area contributed by atoms with Gasteiger partial charge in [-0.3, -0.25) is 4.68 Å². The van der Waals surface area contributed by atoms with Crippen LogP contribution in [0.4, 0.5) is 0 Å². The predicted octanol–water partition coefficient (Wildman–Crippen LogP) is 2.59. The van der Waals surface area contributed by atoms with Gasteiger partial charge in [0.1, 0.15) is 0 Å². The maximum absolute atomic E-state index is 4.46. The molecule has 0 spiro atoms. The number of aromatic nitrogens is 2. The van der Waals surface area contributed by atoms with Crippen LogP contribution < -0.4 is 5.32 Å². The van der Waals surface area contributed by atoms with Crippen LogP contribution in [0.15, 0.2) is 36.4 Å². The molecule has 3 heteroatoms. The molecule has 1 aliphatic rings. The van der Waals surface area contributed by atoms with E-state index in [1.807, 2.05) is 11.7 Å². The molecular weight excluding hydrogens is 246 g/mol. The van der Waals surface area contributed by atoms with Gasteiger partial charge in [-0.25, -0.2) is 0 Å². The van der Waals surface area contributed by atoms with E-state index in [9.17, 15) is 0 Å². The number of hydrogen-bond donors (Lipinski definition) is 1. The first-order chi connectivity index (χ1) is 9.65. The first-order valence-electron chi connectivity index (χ1n) is 7.38. The zero-order chi connectivity index (χ0) is 14.2. The van der Waals surface area contributed by atoms with E-state index in [1.54, 1.807) is 0 Å². The molecule has 1 saturated carbocycles. The lowest BCUT2D eigenvalue weighted by Crippen LogP contribution is -2.40. The summed E-state index contributed by atoms with van der Waals surface area (Å²) in [6.45, 7) is 2.06. The summed E-state index contributed by atoms with van der Waals surface area (Å²) in [5.41, 5.74) is 4.19. The molecule has 1 aromatic carbocycles. The molecule has 2 aromatic rings. The van der Waals surface area contributed by atoms with Crippen molar-refractivity contribution in [3.8, 4) is 0 Å². The highest BCUT2D eigenvalue weighted by atomic mass is 15.3. The summed E-state index contributed by atoms with van der Waals surface area (Å²) in [6.07, 6.45) is 3.58. The van der Waals surface area contributed by atoms with Crippen LogP contribution in [-0.4, -0.2) is 22.9 Å². The first kappa shape index (κ1) is 13.4. The minimum Gasteiger partial charge on any atom is -0.316 e. The fourth-order valence-electron chi connectivity index (χ4n) is 3.38. The smallest absolute Gasteiger partial charge is 0.0596 e. The SMILES string of the molecule is CNC(Cc1cc(C)nn1C)C1(c2ccccc2)CC1. The molecule has 1 unspecified atom stereocenters. The Morgan fingerprint density at radius 3 is 2.50 bits per heavy atom. The third-order valence-corrected chi connectivity index (χ3v) is 4.67. The molecule has 106 valence electrons. The monoisotopic (exact) mass is 269 g/mol. The summed E-state index contributed by atoms with van der Waals surface area (Å²) in [5.74, 6) is 0. The van der Waals surface area contributed by atoms with Crippen LogP contribution in [0.5, 0.6) is 0 Å². The average molecular weight is 269 g/mol. The number of rotatable bonds is 5. The topological polar surface area (TPSA) is 29.9 Å². The molecule has 0 bridgehead atoms. The van der Waals surface area contributed by atoms with Crippen LogP contribution in [0.2, 0.25) is 0 Å². The van der Waals surface area contributed by atoms with E-state index in [0.29, 0.717) is 11.5 Å². The van der Waals surface area contributed by atoms with Gasteiger partial charge in [0.15, 0.2) is 0 Å². The number of likely N-dealkylation sites (N-methyl/N-ethyl adjacent to an activating group) is 1. The predicted molar refractivity (Wildman–Crippen MR) is 81.9 cm³/mol. The fraction of sp³-hybridized carbons (Fsp3) is 0.471. The second-order valence-electron chi connectivity index (χ2n) is 5.97. The Kier molecular flexibility index (Phi) is 3.38. The molecule has 20 heavy (non-hydrogen) atoms. The Morgan fingerprint density at radius 1 is 1.30 bits per heavy atom. The molecule has 1 atom stereocenters. The highest BCUT2D eigenvalue weighted by Gasteiger charge is 2.50. The molecule has 1 heterocycles. The molecular formula is C17H23N3. The van der Waals surface area contributed by atoms with Crippen molar-refractivity contribution in [2.75, 3.05) is 7.05 Å². The second-order valence-corrected chi connectivity index (χ2v) is 5.97. The Hall–Kier alpha value is -1.61. The third kappa shape index (κ3) is 2.27. The minimum atomic E-state index is 0.314. The van der Waals surface area contributed by atoms with E-state index < -0.39 is 0 Å². The first-order valence-corrected chi connectivity index (χ1v) is 7.38. The lowest BCUT2D eigenvalue weighted by Gasteiger charge is -2.27. The van der Waals surface area contributed by atoms with Crippen LogP contribution in [0.3, 0.4) is 0 Å². The van der Waals surface area contributed by atoms with Gasteiger partial charge in [-0.1, -0.05) is 30.3 Å². The minimum absolute atomic E-state index is 0.314. The van der Waals surface area contributed by atoms with Crippen molar-refractivity contribution >= 4 is 0 Å². The van der Waals surface area contributed by atoms with Crippen molar-refractivity contribution in [1.29, 1.82) is 0 Å². The maximum atomic E-state index is 4.46. The van der Waals surface area contributed by atoms with Gasteiger partial charge < -0.3 is 5.32 Å². The summed E-state index contributed by atoms with van der Waals surface area (Å²) in [4.78, 5) is 0. The highest BCUT2D eigenvalue weighted by Crippen LogP contribution is 2.51. The summed E-state index contributed by atoms with van der Waals surface area (Å²) < 4.78 is 2.01. The van der Waals surface area contributed by atoms with Gasteiger partial charge in [-0.2, -0.15) is 5.10 Å². The number of benzene rings is 1. The Balaban J connectivity index is 1.85.